The third-order valence-corrected chi connectivity index (χ3v) is 3.25. The van der Waals surface area contributed by atoms with Crippen LogP contribution in [0.1, 0.15) is 20.8 Å². The van der Waals surface area contributed by atoms with Crippen molar-refractivity contribution in [2.24, 2.45) is 17.3 Å². The number of rotatable bonds is 4. The van der Waals surface area contributed by atoms with Gasteiger partial charge in [-0.15, -0.1) is 0 Å². The molecule has 3 nitrogen and oxygen atoms in total. The number of Topliss-reactive ketones (excluding diaryl/α,β-unsaturated/α-hetero) is 1. The van der Waals surface area contributed by atoms with Crippen LogP contribution >= 0.6 is 0 Å². The maximum absolute atomic E-state index is 11.4. The van der Waals surface area contributed by atoms with Crippen molar-refractivity contribution in [3.05, 3.63) is 23.8 Å². The van der Waals surface area contributed by atoms with Gasteiger partial charge in [0.1, 0.15) is 6.61 Å². The Hall–Kier alpha value is -1.40. The SMILES string of the molecule is CC=CC(C#N)=C[C@@H]1[C@@H](C(=O)CO)C1(C)C. The summed E-state index contributed by atoms with van der Waals surface area (Å²) in [6.07, 6.45) is 5.36. The molecule has 0 aromatic rings. The highest BCUT2D eigenvalue weighted by molar-refractivity contribution is 5.86. The number of hydrogen-bond donors (Lipinski definition) is 1. The lowest BCUT2D eigenvalue weighted by Gasteiger charge is -1.98. The number of nitrogens with zero attached hydrogens (tertiary/aromatic N) is 1. The van der Waals surface area contributed by atoms with Gasteiger partial charge in [-0.25, -0.2) is 0 Å². The van der Waals surface area contributed by atoms with E-state index in [1.165, 1.54) is 0 Å². The summed E-state index contributed by atoms with van der Waals surface area (Å²) in [5.74, 6) is -0.215. The first-order valence-corrected chi connectivity index (χ1v) is 5.37. The van der Waals surface area contributed by atoms with Crippen molar-refractivity contribution < 1.29 is 9.90 Å². The van der Waals surface area contributed by atoms with Crippen molar-refractivity contribution in [2.75, 3.05) is 6.61 Å². The molecule has 0 amide bonds. The molecule has 0 aromatic carbocycles. The van der Waals surface area contributed by atoms with Crippen LogP contribution in [-0.2, 0) is 4.79 Å². The standard InChI is InChI=1S/C13H17NO2/c1-4-5-9(7-14)6-10-12(11(16)8-15)13(10,2)3/h4-6,10,12,15H,8H2,1-3H3/t10-,12+/m1/s1. The molecular formula is C13H17NO2. The first-order chi connectivity index (χ1) is 7.48. The fourth-order valence-electron chi connectivity index (χ4n) is 2.21. The molecule has 1 aliphatic carbocycles. The molecule has 1 aliphatic rings. The van der Waals surface area contributed by atoms with Crippen LogP contribution in [0.4, 0.5) is 0 Å². The lowest BCUT2D eigenvalue weighted by Crippen LogP contribution is -2.10. The lowest BCUT2D eigenvalue weighted by molar-refractivity contribution is -0.123. The first-order valence-electron chi connectivity index (χ1n) is 5.37. The quantitative estimate of drug-likeness (QED) is 0.579. The summed E-state index contributed by atoms with van der Waals surface area (Å²) in [5, 5.41) is 17.7. The summed E-state index contributed by atoms with van der Waals surface area (Å²) in [5.41, 5.74) is 0.442. The van der Waals surface area contributed by atoms with E-state index in [0.29, 0.717) is 5.57 Å². The van der Waals surface area contributed by atoms with Crippen LogP contribution in [0.15, 0.2) is 23.8 Å². The monoisotopic (exact) mass is 219 g/mol. The van der Waals surface area contributed by atoms with E-state index in [9.17, 15) is 4.79 Å². The van der Waals surface area contributed by atoms with Crippen LogP contribution in [0.25, 0.3) is 0 Å². The fourth-order valence-corrected chi connectivity index (χ4v) is 2.21. The molecule has 1 rings (SSSR count). The van der Waals surface area contributed by atoms with Gasteiger partial charge in [0, 0.05) is 11.5 Å². The average molecular weight is 219 g/mol. The summed E-state index contributed by atoms with van der Waals surface area (Å²) < 4.78 is 0. The van der Waals surface area contributed by atoms with Crippen LogP contribution in [-0.4, -0.2) is 17.5 Å². The lowest BCUT2D eigenvalue weighted by atomic mass is 10.1. The Kier molecular flexibility index (Phi) is 3.66. The number of allylic oxidation sites excluding steroid dienone is 4. The Labute approximate surface area is 96.1 Å². The second kappa shape index (κ2) is 4.63. The van der Waals surface area contributed by atoms with E-state index in [-0.39, 0.29) is 23.0 Å². The highest BCUT2D eigenvalue weighted by Crippen LogP contribution is 2.59. The molecule has 1 fully saturated rings. The molecule has 0 saturated heterocycles. The number of aliphatic hydroxyl groups is 1. The molecule has 0 aromatic heterocycles. The molecule has 0 aliphatic heterocycles. The molecule has 2 atom stereocenters. The van der Waals surface area contributed by atoms with Gasteiger partial charge in [-0.2, -0.15) is 5.26 Å². The average Bonchev–Trinajstić information content (AvgIpc) is 2.78. The van der Waals surface area contributed by atoms with Crippen LogP contribution in [0.3, 0.4) is 0 Å². The molecule has 0 radical (unpaired) electrons. The Morgan fingerprint density at radius 3 is 2.62 bits per heavy atom. The number of carbonyl (C=O) groups excluding carboxylic acids is 1. The third kappa shape index (κ3) is 2.23. The normalized spacial score (nSPS) is 27.8. The predicted octanol–water partition coefficient (Wildman–Crippen LogP) is 1.85. The van der Waals surface area contributed by atoms with Crippen molar-refractivity contribution in [3.8, 4) is 6.07 Å². The van der Waals surface area contributed by atoms with E-state index in [2.05, 4.69) is 6.07 Å². The molecule has 16 heavy (non-hydrogen) atoms. The number of hydrogen-bond acceptors (Lipinski definition) is 3. The van der Waals surface area contributed by atoms with Crippen LogP contribution in [0.2, 0.25) is 0 Å². The number of ketones is 1. The maximum atomic E-state index is 11.4. The number of nitriles is 1. The van der Waals surface area contributed by atoms with Crippen molar-refractivity contribution in [3.63, 3.8) is 0 Å². The van der Waals surface area contributed by atoms with Crippen LogP contribution in [0.5, 0.6) is 0 Å². The van der Waals surface area contributed by atoms with Crippen LogP contribution in [0, 0.1) is 28.6 Å². The summed E-state index contributed by atoms with van der Waals surface area (Å²) in [7, 11) is 0. The topological polar surface area (TPSA) is 61.1 Å². The second-order valence-electron chi connectivity index (χ2n) is 4.68. The Morgan fingerprint density at radius 2 is 2.19 bits per heavy atom. The van der Waals surface area contributed by atoms with E-state index in [1.54, 1.807) is 12.2 Å². The van der Waals surface area contributed by atoms with E-state index < -0.39 is 6.61 Å². The zero-order chi connectivity index (χ0) is 12.3. The summed E-state index contributed by atoms with van der Waals surface area (Å²) in [6.45, 7) is 5.40. The predicted molar refractivity (Wildman–Crippen MR) is 61.4 cm³/mol. The van der Waals surface area contributed by atoms with Gasteiger partial charge >= 0.3 is 0 Å². The number of aliphatic hydroxyl groups excluding tert-OH is 1. The zero-order valence-corrected chi connectivity index (χ0v) is 9.90. The molecule has 86 valence electrons. The zero-order valence-electron chi connectivity index (χ0n) is 9.90. The minimum absolute atomic E-state index is 0.0676. The molecule has 1 N–H and O–H groups in total. The smallest absolute Gasteiger partial charge is 0.162 e. The van der Waals surface area contributed by atoms with Crippen LogP contribution < -0.4 is 0 Å². The van der Waals surface area contributed by atoms with E-state index in [1.807, 2.05) is 26.8 Å². The van der Waals surface area contributed by atoms with Crippen molar-refractivity contribution in [1.29, 1.82) is 5.26 Å². The number of carbonyl (C=O) groups is 1. The van der Waals surface area contributed by atoms with Gasteiger partial charge in [0.2, 0.25) is 0 Å². The molecule has 3 heteroatoms. The van der Waals surface area contributed by atoms with Crippen molar-refractivity contribution in [2.45, 2.75) is 20.8 Å². The molecule has 0 unspecified atom stereocenters. The molecule has 1 saturated carbocycles. The van der Waals surface area contributed by atoms with Gasteiger partial charge in [0.15, 0.2) is 5.78 Å². The fraction of sp³-hybridized carbons (Fsp3) is 0.538. The minimum atomic E-state index is -0.413. The highest BCUT2D eigenvalue weighted by atomic mass is 16.3. The van der Waals surface area contributed by atoms with Gasteiger partial charge in [-0.05, 0) is 24.3 Å². The summed E-state index contributed by atoms with van der Waals surface area (Å²) in [6, 6.07) is 2.09. The van der Waals surface area contributed by atoms with Crippen molar-refractivity contribution >= 4 is 5.78 Å². The van der Waals surface area contributed by atoms with E-state index in [0.717, 1.165) is 0 Å². The van der Waals surface area contributed by atoms with Gasteiger partial charge in [-0.1, -0.05) is 26.0 Å². The highest BCUT2D eigenvalue weighted by Gasteiger charge is 2.59. The second-order valence-corrected chi connectivity index (χ2v) is 4.68. The Morgan fingerprint density at radius 1 is 1.56 bits per heavy atom. The van der Waals surface area contributed by atoms with Gasteiger partial charge < -0.3 is 5.11 Å². The maximum Gasteiger partial charge on any atom is 0.162 e. The van der Waals surface area contributed by atoms with E-state index >= 15 is 0 Å². The van der Waals surface area contributed by atoms with E-state index in [4.69, 9.17) is 10.4 Å². The molecular weight excluding hydrogens is 202 g/mol. The van der Waals surface area contributed by atoms with Crippen molar-refractivity contribution in [1.82, 2.24) is 0 Å². The van der Waals surface area contributed by atoms with Gasteiger partial charge in [0.25, 0.3) is 0 Å². The molecule has 0 bridgehead atoms. The first kappa shape index (κ1) is 12.7. The Bertz CT molecular complexity index is 385. The summed E-state index contributed by atoms with van der Waals surface area (Å²) in [4.78, 5) is 11.4. The molecule has 0 heterocycles. The summed E-state index contributed by atoms with van der Waals surface area (Å²) >= 11 is 0. The third-order valence-electron chi connectivity index (χ3n) is 3.25. The molecule has 0 spiro atoms. The Balaban J connectivity index is 2.85. The largest absolute Gasteiger partial charge is 0.389 e. The minimum Gasteiger partial charge on any atom is -0.389 e. The van der Waals surface area contributed by atoms with Gasteiger partial charge in [-0.3, -0.25) is 4.79 Å². The van der Waals surface area contributed by atoms with Gasteiger partial charge in [0.05, 0.1) is 6.07 Å².